The van der Waals surface area contributed by atoms with E-state index < -0.39 is 0 Å². The van der Waals surface area contributed by atoms with Crippen LogP contribution < -0.4 is 9.47 Å². The monoisotopic (exact) mass is 220 g/mol. The third-order valence-electron chi connectivity index (χ3n) is 2.55. The van der Waals surface area contributed by atoms with Crippen LogP contribution in [0.15, 0.2) is 24.3 Å². The van der Waals surface area contributed by atoms with Gasteiger partial charge < -0.3 is 9.47 Å². The molecule has 0 amide bonds. The van der Waals surface area contributed by atoms with Crippen molar-refractivity contribution >= 4 is 5.78 Å². The van der Waals surface area contributed by atoms with Crippen molar-refractivity contribution < 1.29 is 14.3 Å². The first-order valence-electron chi connectivity index (χ1n) is 5.68. The number of carbonyl (C=O) groups is 1. The summed E-state index contributed by atoms with van der Waals surface area (Å²) in [5, 5.41) is 0. The fourth-order valence-corrected chi connectivity index (χ4v) is 1.48. The summed E-state index contributed by atoms with van der Waals surface area (Å²) < 4.78 is 10.7. The normalized spacial score (nSPS) is 14.6. The van der Waals surface area contributed by atoms with E-state index >= 15 is 0 Å². The smallest absolute Gasteiger partial charge is 0.173 e. The van der Waals surface area contributed by atoms with Crippen molar-refractivity contribution in [2.45, 2.75) is 19.8 Å². The van der Waals surface area contributed by atoms with Gasteiger partial charge in [-0.1, -0.05) is 0 Å². The first kappa shape index (κ1) is 11.0. The zero-order valence-corrected chi connectivity index (χ0v) is 9.44. The SMILES string of the molecule is CCOc1ccc(OCC(=O)C2CC2)cc1. The molecule has 0 radical (unpaired) electrons. The standard InChI is InChI=1S/C13H16O3/c1-2-15-11-5-7-12(8-6-11)16-9-13(14)10-3-4-10/h5-8,10H,2-4,9H2,1H3. The number of rotatable bonds is 6. The average molecular weight is 220 g/mol. The maximum atomic E-state index is 11.4. The Morgan fingerprint density at radius 1 is 1.19 bits per heavy atom. The van der Waals surface area contributed by atoms with Gasteiger partial charge in [-0.25, -0.2) is 0 Å². The first-order valence-corrected chi connectivity index (χ1v) is 5.68. The van der Waals surface area contributed by atoms with Gasteiger partial charge in [-0.2, -0.15) is 0 Å². The highest BCUT2D eigenvalue weighted by molar-refractivity contribution is 5.84. The van der Waals surface area contributed by atoms with Gasteiger partial charge in [0, 0.05) is 5.92 Å². The van der Waals surface area contributed by atoms with E-state index in [2.05, 4.69) is 0 Å². The summed E-state index contributed by atoms with van der Waals surface area (Å²) in [4.78, 5) is 11.4. The van der Waals surface area contributed by atoms with Crippen LogP contribution in [0.2, 0.25) is 0 Å². The van der Waals surface area contributed by atoms with E-state index in [0.717, 1.165) is 24.3 Å². The molecule has 1 aliphatic rings. The van der Waals surface area contributed by atoms with E-state index in [0.29, 0.717) is 6.61 Å². The van der Waals surface area contributed by atoms with Gasteiger partial charge in [0.05, 0.1) is 6.61 Å². The van der Waals surface area contributed by atoms with Gasteiger partial charge in [0.2, 0.25) is 0 Å². The third-order valence-corrected chi connectivity index (χ3v) is 2.55. The fraction of sp³-hybridized carbons (Fsp3) is 0.462. The molecule has 0 N–H and O–H groups in total. The molecule has 1 aromatic carbocycles. The van der Waals surface area contributed by atoms with Crippen LogP contribution in [0.25, 0.3) is 0 Å². The summed E-state index contributed by atoms with van der Waals surface area (Å²) in [7, 11) is 0. The van der Waals surface area contributed by atoms with Crippen LogP contribution in [0.4, 0.5) is 0 Å². The second kappa shape index (κ2) is 5.01. The zero-order chi connectivity index (χ0) is 11.4. The fourth-order valence-electron chi connectivity index (χ4n) is 1.48. The lowest BCUT2D eigenvalue weighted by Crippen LogP contribution is -2.12. The Morgan fingerprint density at radius 2 is 1.75 bits per heavy atom. The number of hydrogen-bond donors (Lipinski definition) is 0. The Bertz CT molecular complexity index is 352. The Hall–Kier alpha value is -1.51. The second-order valence-electron chi connectivity index (χ2n) is 3.93. The molecule has 0 saturated heterocycles. The van der Waals surface area contributed by atoms with Crippen molar-refractivity contribution in [1.29, 1.82) is 0 Å². The molecule has 86 valence electrons. The second-order valence-corrected chi connectivity index (χ2v) is 3.93. The minimum Gasteiger partial charge on any atom is -0.494 e. The molecule has 0 aromatic heterocycles. The molecule has 0 bridgehead atoms. The zero-order valence-electron chi connectivity index (χ0n) is 9.44. The molecule has 0 heterocycles. The lowest BCUT2D eigenvalue weighted by atomic mass is 10.3. The summed E-state index contributed by atoms with van der Waals surface area (Å²) in [5.74, 6) is 2.03. The van der Waals surface area contributed by atoms with Crippen molar-refractivity contribution in [1.82, 2.24) is 0 Å². The predicted molar refractivity (Wildman–Crippen MR) is 60.8 cm³/mol. The number of ketones is 1. The van der Waals surface area contributed by atoms with E-state index in [1.807, 2.05) is 31.2 Å². The van der Waals surface area contributed by atoms with Crippen molar-refractivity contribution in [3.8, 4) is 11.5 Å². The summed E-state index contributed by atoms with van der Waals surface area (Å²) in [5.41, 5.74) is 0. The van der Waals surface area contributed by atoms with Gasteiger partial charge in [0.15, 0.2) is 5.78 Å². The number of carbonyl (C=O) groups excluding carboxylic acids is 1. The van der Waals surface area contributed by atoms with E-state index in [-0.39, 0.29) is 18.3 Å². The summed E-state index contributed by atoms with van der Waals surface area (Å²) in [6, 6.07) is 7.34. The summed E-state index contributed by atoms with van der Waals surface area (Å²) in [6.45, 7) is 2.79. The van der Waals surface area contributed by atoms with E-state index in [1.54, 1.807) is 0 Å². The molecule has 2 rings (SSSR count). The molecule has 3 nitrogen and oxygen atoms in total. The largest absolute Gasteiger partial charge is 0.494 e. The van der Waals surface area contributed by atoms with Crippen molar-refractivity contribution in [2.75, 3.05) is 13.2 Å². The van der Waals surface area contributed by atoms with Gasteiger partial charge in [-0.05, 0) is 44.0 Å². The van der Waals surface area contributed by atoms with Crippen LogP contribution in [0.3, 0.4) is 0 Å². The maximum absolute atomic E-state index is 11.4. The lowest BCUT2D eigenvalue weighted by Gasteiger charge is -2.06. The van der Waals surface area contributed by atoms with Crippen LogP contribution in [-0.4, -0.2) is 19.0 Å². The number of hydrogen-bond acceptors (Lipinski definition) is 3. The van der Waals surface area contributed by atoms with E-state index in [1.165, 1.54) is 0 Å². The first-order chi connectivity index (χ1) is 7.79. The molecule has 1 fully saturated rings. The van der Waals surface area contributed by atoms with Gasteiger partial charge in [-0.3, -0.25) is 4.79 Å². The van der Waals surface area contributed by atoms with E-state index in [4.69, 9.17) is 9.47 Å². The van der Waals surface area contributed by atoms with Gasteiger partial charge in [-0.15, -0.1) is 0 Å². The molecule has 0 atom stereocenters. The Morgan fingerprint density at radius 3 is 2.25 bits per heavy atom. The van der Waals surface area contributed by atoms with Crippen LogP contribution in [0, 0.1) is 5.92 Å². The molecular weight excluding hydrogens is 204 g/mol. The summed E-state index contributed by atoms with van der Waals surface area (Å²) in [6.07, 6.45) is 2.07. The number of Topliss-reactive ketones (excluding diaryl/α,β-unsaturated/α-hetero) is 1. The van der Waals surface area contributed by atoms with Crippen molar-refractivity contribution in [3.05, 3.63) is 24.3 Å². The summed E-state index contributed by atoms with van der Waals surface area (Å²) >= 11 is 0. The van der Waals surface area contributed by atoms with Gasteiger partial charge in [0.25, 0.3) is 0 Å². The van der Waals surface area contributed by atoms with Gasteiger partial charge >= 0.3 is 0 Å². The maximum Gasteiger partial charge on any atom is 0.173 e. The average Bonchev–Trinajstić information content (AvgIpc) is 3.12. The molecule has 3 heteroatoms. The molecule has 0 spiro atoms. The highest BCUT2D eigenvalue weighted by Crippen LogP contribution is 2.30. The Labute approximate surface area is 95.4 Å². The Kier molecular flexibility index (Phi) is 3.44. The van der Waals surface area contributed by atoms with E-state index in [9.17, 15) is 4.79 Å². The minimum atomic E-state index is 0.193. The number of benzene rings is 1. The topological polar surface area (TPSA) is 35.5 Å². The van der Waals surface area contributed by atoms with Crippen LogP contribution in [-0.2, 0) is 4.79 Å². The highest BCUT2D eigenvalue weighted by Gasteiger charge is 2.29. The van der Waals surface area contributed by atoms with Crippen LogP contribution >= 0.6 is 0 Å². The van der Waals surface area contributed by atoms with Crippen LogP contribution in [0.5, 0.6) is 11.5 Å². The van der Waals surface area contributed by atoms with Crippen molar-refractivity contribution in [3.63, 3.8) is 0 Å². The van der Waals surface area contributed by atoms with Gasteiger partial charge in [0.1, 0.15) is 18.1 Å². The predicted octanol–water partition coefficient (Wildman–Crippen LogP) is 2.44. The lowest BCUT2D eigenvalue weighted by molar-refractivity contribution is -0.122. The third kappa shape index (κ3) is 2.99. The number of ether oxygens (including phenoxy) is 2. The molecule has 1 saturated carbocycles. The highest BCUT2D eigenvalue weighted by atomic mass is 16.5. The van der Waals surface area contributed by atoms with Crippen LogP contribution in [0.1, 0.15) is 19.8 Å². The molecular formula is C13H16O3. The Balaban J connectivity index is 1.82. The van der Waals surface area contributed by atoms with Crippen molar-refractivity contribution in [2.24, 2.45) is 5.92 Å². The quantitative estimate of drug-likeness (QED) is 0.738. The molecule has 16 heavy (non-hydrogen) atoms. The molecule has 0 aliphatic heterocycles. The molecule has 1 aromatic rings. The molecule has 1 aliphatic carbocycles. The molecule has 0 unspecified atom stereocenters. The minimum absolute atomic E-state index is 0.193.